The molecule has 0 amide bonds. The third kappa shape index (κ3) is 3.65. The molecule has 3 aromatic rings. The normalized spacial score (nSPS) is 10.7. The van der Waals surface area contributed by atoms with Crippen LogP contribution in [-0.2, 0) is 13.1 Å². The Bertz CT molecular complexity index is 697. The van der Waals surface area contributed by atoms with Crippen LogP contribution in [0.3, 0.4) is 0 Å². The molecule has 0 unspecified atom stereocenters. The monoisotopic (exact) mass is 300 g/mol. The van der Waals surface area contributed by atoms with E-state index in [9.17, 15) is 0 Å². The van der Waals surface area contributed by atoms with Crippen molar-refractivity contribution >= 4 is 11.6 Å². The van der Waals surface area contributed by atoms with Crippen LogP contribution >= 0.6 is 11.6 Å². The van der Waals surface area contributed by atoms with Crippen LogP contribution in [0.15, 0.2) is 53.2 Å². The third-order valence-electron chi connectivity index (χ3n) is 2.87. The van der Waals surface area contributed by atoms with Crippen LogP contribution in [0.4, 0.5) is 0 Å². The number of halogens is 1. The van der Waals surface area contributed by atoms with Crippen molar-refractivity contribution in [3.05, 3.63) is 65.2 Å². The molecule has 1 aromatic carbocycles. The van der Waals surface area contributed by atoms with Gasteiger partial charge in [-0.15, -0.1) is 0 Å². The Balaban J connectivity index is 1.59. The highest BCUT2D eigenvalue weighted by molar-refractivity contribution is 6.30. The summed E-state index contributed by atoms with van der Waals surface area (Å²) in [5, 5.41) is 7.84. The lowest BCUT2D eigenvalue weighted by Crippen LogP contribution is -2.14. The van der Waals surface area contributed by atoms with Crippen molar-refractivity contribution < 1.29 is 4.52 Å². The van der Waals surface area contributed by atoms with Gasteiger partial charge in [-0.3, -0.25) is 4.98 Å². The maximum atomic E-state index is 5.85. The molecule has 2 heterocycles. The van der Waals surface area contributed by atoms with E-state index in [1.165, 1.54) is 0 Å². The molecule has 0 bridgehead atoms. The average Bonchev–Trinajstić information content (AvgIpc) is 2.98. The summed E-state index contributed by atoms with van der Waals surface area (Å²) < 4.78 is 5.23. The lowest BCUT2D eigenvalue weighted by molar-refractivity contribution is 0.419. The molecule has 5 nitrogen and oxygen atoms in total. The van der Waals surface area contributed by atoms with Crippen LogP contribution in [-0.4, -0.2) is 15.1 Å². The van der Waals surface area contributed by atoms with E-state index in [1.807, 2.05) is 30.3 Å². The maximum Gasteiger partial charge on any atom is 0.257 e. The number of nitrogens with one attached hydrogen (secondary N) is 1. The molecule has 0 fully saturated rings. The summed E-state index contributed by atoms with van der Waals surface area (Å²) in [6, 6.07) is 13.1. The average molecular weight is 301 g/mol. The molecule has 21 heavy (non-hydrogen) atoms. The highest BCUT2D eigenvalue weighted by atomic mass is 35.5. The van der Waals surface area contributed by atoms with Crippen LogP contribution in [0, 0.1) is 0 Å². The topological polar surface area (TPSA) is 63.8 Å². The van der Waals surface area contributed by atoms with Crippen LogP contribution in [0.5, 0.6) is 0 Å². The van der Waals surface area contributed by atoms with Gasteiger partial charge in [0.25, 0.3) is 5.89 Å². The van der Waals surface area contributed by atoms with E-state index in [1.54, 1.807) is 18.3 Å². The number of nitrogens with zero attached hydrogens (tertiary/aromatic N) is 3. The summed E-state index contributed by atoms with van der Waals surface area (Å²) in [6.45, 7) is 1.18. The summed E-state index contributed by atoms with van der Waals surface area (Å²) in [4.78, 5) is 8.57. The van der Waals surface area contributed by atoms with Crippen molar-refractivity contribution in [2.75, 3.05) is 0 Å². The van der Waals surface area contributed by atoms with E-state index in [-0.39, 0.29) is 0 Å². The van der Waals surface area contributed by atoms with Crippen molar-refractivity contribution in [1.82, 2.24) is 20.4 Å². The zero-order valence-electron chi connectivity index (χ0n) is 11.2. The van der Waals surface area contributed by atoms with Crippen LogP contribution in [0.2, 0.25) is 5.02 Å². The van der Waals surface area contributed by atoms with E-state index >= 15 is 0 Å². The van der Waals surface area contributed by atoms with E-state index in [0.29, 0.717) is 29.8 Å². The smallest absolute Gasteiger partial charge is 0.257 e. The summed E-state index contributed by atoms with van der Waals surface area (Å²) in [6.07, 6.45) is 1.77. The van der Waals surface area contributed by atoms with Gasteiger partial charge in [0.05, 0.1) is 12.2 Å². The minimum Gasteiger partial charge on any atom is -0.334 e. The Hall–Kier alpha value is -2.24. The van der Waals surface area contributed by atoms with Gasteiger partial charge in [0.15, 0.2) is 5.82 Å². The number of benzene rings is 1. The minimum absolute atomic E-state index is 0.487. The summed E-state index contributed by atoms with van der Waals surface area (Å²) in [7, 11) is 0. The Labute approximate surface area is 127 Å². The lowest BCUT2D eigenvalue weighted by Gasteiger charge is -2.00. The van der Waals surface area contributed by atoms with Gasteiger partial charge >= 0.3 is 0 Å². The second-order valence-electron chi connectivity index (χ2n) is 4.45. The van der Waals surface area contributed by atoms with Crippen LogP contribution < -0.4 is 5.32 Å². The summed E-state index contributed by atoms with van der Waals surface area (Å²) in [5.74, 6) is 1.09. The van der Waals surface area contributed by atoms with Crippen molar-refractivity contribution in [3.8, 4) is 11.5 Å². The first-order chi connectivity index (χ1) is 10.3. The minimum atomic E-state index is 0.487. The van der Waals surface area contributed by atoms with Gasteiger partial charge in [-0.25, -0.2) is 0 Å². The van der Waals surface area contributed by atoms with Crippen molar-refractivity contribution in [3.63, 3.8) is 0 Å². The zero-order valence-corrected chi connectivity index (χ0v) is 11.9. The molecule has 2 aromatic heterocycles. The fourth-order valence-corrected chi connectivity index (χ4v) is 1.97. The zero-order chi connectivity index (χ0) is 14.5. The van der Waals surface area contributed by atoms with Gasteiger partial charge in [0, 0.05) is 23.3 Å². The first-order valence-electron chi connectivity index (χ1n) is 6.50. The Morgan fingerprint density at radius 3 is 2.67 bits per heavy atom. The second-order valence-corrected chi connectivity index (χ2v) is 4.88. The van der Waals surface area contributed by atoms with Gasteiger partial charge < -0.3 is 9.84 Å². The Kier molecular flexibility index (Phi) is 4.23. The highest BCUT2D eigenvalue weighted by Crippen LogP contribution is 2.19. The van der Waals surface area contributed by atoms with E-state index in [2.05, 4.69) is 20.4 Å². The van der Waals surface area contributed by atoms with Gasteiger partial charge in [-0.2, -0.15) is 4.98 Å². The molecule has 106 valence electrons. The largest absolute Gasteiger partial charge is 0.334 e. The van der Waals surface area contributed by atoms with Gasteiger partial charge in [0.1, 0.15) is 0 Å². The fourth-order valence-electron chi connectivity index (χ4n) is 1.84. The first kappa shape index (κ1) is 13.7. The molecular formula is C15H13ClN4O. The van der Waals surface area contributed by atoms with Crippen molar-refractivity contribution in [2.45, 2.75) is 13.1 Å². The molecule has 0 radical (unpaired) electrons. The first-order valence-corrected chi connectivity index (χ1v) is 6.88. The maximum absolute atomic E-state index is 5.85. The number of rotatable bonds is 5. The molecule has 0 atom stereocenters. The molecule has 0 aliphatic carbocycles. The van der Waals surface area contributed by atoms with E-state index in [4.69, 9.17) is 16.1 Å². The van der Waals surface area contributed by atoms with Gasteiger partial charge in [0.2, 0.25) is 0 Å². The Morgan fingerprint density at radius 2 is 1.90 bits per heavy atom. The molecule has 0 saturated heterocycles. The number of pyridine rings is 1. The molecule has 1 N–H and O–H groups in total. The molecule has 0 aliphatic heterocycles. The van der Waals surface area contributed by atoms with Crippen LogP contribution in [0.1, 0.15) is 11.5 Å². The Morgan fingerprint density at radius 1 is 1.05 bits per heavy atom. The molecule has 0 aliphatic rings. The predicted molar refractivity (Wildman–Crippen MR) is 79.5 cm³/mol. The molecule has 6 heteroatoms. The lowest BCUT2D eigenvalue weighted by atomic mass is 10.2. The summed E-state index contributed by atoms with van der Waals surface area (Å²) in [5.41, 5.74) is 1.82. The quantitative estimate of drug-likeness (QED) is 0.784. The van der Waals surface area contributed by atoms with Crippen molar-refractivity contribution in [2.24, 2.45) is 0 Å². The standard InChI is InChI=1S/C15H13ClN4O/c16-12-6-4-11(5-7-12)15-19-14(20-21-15)10-17-9-13-3-1-2-8-18-13/h1-8,17H,9-10H2. The van der Waals surface area contributed by atoms with Crippen LogP contribution in [0.25, 0.3) is 11.5 Å². The van der Waals surface area contributed by atoms with Gasteiger partial charge in [-0.1, -0.05) is 22.8 Å². The highest BCUT2D eigenvalue weighted by Gasteiger charge is 2.08. The SMILES string of the molecule is Clc1ccc(-c2nc(CNCc3ccccn3)no2)cc1. The molecule has 0 spiro atoms. The number of hydrogen-bond donors (Lipinski definition) is 1. The number of aromatic nitrogens is 3. The fraction of sp³-hybridized carbons (Fsp3) is 0.133. The molecule has 3 rings (SSSR count). The van der Waals surface area contributed by atoms with E-state index in [0.717, 1.165) is 11.3 Å². The summed E-state index contributed by atoms with van der Waals surface area (Å²) >= 11 is 5.85. The van der Waals surface area contributed by atoms with Gasteiger partial charge in [-0.05, 0) is 36.4 Å². The predicted octanol–water partition coefficient (Wildman–Crippen LogP) is 3.07. The third-order valence-corrected chi connectivity index (χ3v) is 3.13. The van der Waals surface area contributed by atoms with Crippen molar-refractivity contribution in [1.29, 1.82) is 0 Å². The molecular weight excluding hydrogens is 288 g/mol. The second kappa shape index (κ2) is 6.47. The molecule has 0 saturated carbocycles. The number of hydrogen-bond acceptors (Lipinski definition) is 5. The van der Waals surface area contributed by atoms with E-state index < -0.39 is 0 Å².